The van der Waals surface area contributed by atoms with Crippen LogP contribution < -0.4 is 16.0 Å². The summed E-state index contributed by atoms with van der Waals surface area (Å²) in [5, 5.41) is 8.57. The average molecular weight is 211 g/mol. The Morgan fingerprint density at radius 3 is 2.93 bits per heavy atom. The van der Waals surface area contributed by atoms with Crippen molar-refractivity contribution in [2.24, 2.45) is 5.92 Å². The summed E-state index contributed by atoms with van der Waals surface area (Å²) in [6.45, 7) is 2.77. The van der Waals surface area contributed by atoms with Crippen LogP contribution in [0, 0.1) is 5.92 Å². The van der Waals surface area contributed by atoms with Crippen molar-refractivity contribution in [3.63, 3.8) is 0 Å². The van der Waals surface area contributed by atoms with Gasteiger partial charge >= 0.3 is 0 Å². The van der Waals surface area contributed by atoms with Crippen LogP contribution in [0.25, 0.3) is 0 Å². The molecule has 0 radical (unpaired) electrons. The highest BCUT2D eigenvalue weighted by atomic mass is 16.2. The van der Waals surface area contributed by atoms with Crippen molar-refractivity contribution >= 4 is 11.8 Å². The van der Waals surface area contributed by atoms with E-state index in [1.54, 1.807) is 0 Å². The van der Waals surface area contributed by atoms with Crippen molar-refractivity contribution in [3.05, 3.63) is 0 Å². The Labute approximate surface area is 89.0 Å². The van der Waals surface area contributed by atoms with E-state index in [2.05, 4.69) is 22.9 Å². The summed E-state index contributed by atoms with van der Waals surface area (Å²) in [6.07, 6.45) is 2.22. The minimum atomic E-state index is -0.263. The maximum absolute atomic E-state index is 11.7. The number of carbonyl (C=O) groups excluding carboxylic acids is 2. The zero-order valence-corrected chi connectivity index (χ0v) is 8.88. The molecule has 3 N–H and O–H groups in total. The summed E-state index contributed by atoms with van der Waals surface area (Å²) >= 11 is 0. The molecule has 1 saturated heterocycles. The monoisotopic (exact) mass is 211 g/mol. The molecule has 2 rings (SSSR count). The van der Waals surface area contributed by atoms with Gasteiger partial charge in [-0.05, 0) is 12.3 Å². The Hall–Kier alpha value is -1.10. The Balaban J connectivity index is 1.74. The molecule has 0 aromatic heterocycles. The molecule has 0 spiro atoms. The van der Waals surface area contributed by atoms with Crippen molar-refractivity contribution in [3.8, 4) is 0 Å². The van der Waals surface area contributed by atoms with E-state index in [4.69, 9.17) is 0 Å². The van der Waals surface area contributed by atoms with Gasteiger partial charge < -0.3 is 10.6 Å². The van der Waals surface area contributed by atoms with Gasteiger partial charge in [-0.25, -0.2) is 0 Å². The van der Waals surface area contributed by atoms with Crippen molar-refractivity contribution < 1.29 is 9.59 Å². The van der Waals surface area contributed by atoms with E-state index >= 15 is 0 Å². The molecular formula is C10H17N3O2. The smallest absolute Gasteiger partial charge is 0.239 e. The van der Waals surface area contributed by atoms with Crippen LogP contribution in [-0.4, -0.2) is 37.0 Å². The molecule has 1 saturated carbocycles. The van der Waals surface area contributed by atoms with Gasteiger partial charge in [-0.1, -0.05) is 13.3 Å². The summed E-state index contributed by atoms with van der Waals surface area (Å²) in [6, 6.07) is 0.0998. The number of nitrogens with one attached hydrogen (secondary N) is 3. The Bertz CT molecular complexity index is 270. The van der Waals surface area contributed by atoms with Gasteiger partial charge in [0.25, 0.3) is 0 Å². The van der Waals surface area contributed by atoms with Gasteiger partial charge in [0.2, 0.25) is 11.8 Å². The fraction of sp³-hybridized carbons (Fsp3) is 0.800. The van der Waals surface area contributed by atoms with E-state index in [1.807, 2.05) is 0 Å². The predicted molar refractivity (Wildman–Crippen MR) is 55.1 cm³/mol. The van der Waals surface area contributed by atoms with E-state index in [0.29, 0.717) is 18.5 Å². The SMILES string of the molecule is CCC1CC1NC(=O)C1CNC(=O)CN1. The number of hydrogen-bond donors (Lipinski definition) is 3. The largest absolute Gasteiger partial charge is 0.353 e. The number of piperazine rings is 1. The molecule has 2 fully saturated rings. The minimum absolute atomic E-state index is 0.0101. The molecule has 1 aliphatic heterocycles. The molecule has 5 nitrogen and oxygen atoms in total. The molecule has 3 unspecified atom stereocenters. The van der Waals surface area contributed by atoms with Gasteiger partial charge in [-0.15, -0.1) is 0 Å². The summed E-state index contributed by atoms with van der Waals surface area (Å²) < 4.78 is 0. The molecule has 0 bridgehead atoms. The van der Waals surface area contributed by atoms with Crippen LogP contribution in [0.1, 0.15) is 19.8 Å². The molecule has 3 atom stereocenters. The fourth-order valence-corrected chi connectivity index (χ4v) is 1.91. The third kappa shape index (κ3) is 2.47. The van der Waals surface area contributed by atoms with Gasteiger partial charge in [0.05, 0.1) is 6.54 Å². The van der Waals surface area contributed by atoms with Crippen LogP contribution in [0.4, 0.5) is 0 Å². The van der Waals surface area contributed by atoms with Crippen molar-refractivity contribution in [2.75, 3.05) is 13.1 Å². The molecule has 1 aliphatic carbocycles. The minimum Gasteiger partial charge on any atom is -0.353 e. The molecule has 0 aromatic rings. The first-order valence-electron chi connectivity index (χ1n) is 5.51. The molecule has 2 amide bonds. The standard InChI is InChI=1S/C10H17N3O2/c1-2-6-3-7(6)13-10(15)8-4-12-9(14)5-11-8/h6-8,11H,2-5H2,1H3,(H,12,14)(H,13,15). The molecule has 15 heavy (non-hydrogen) atoms. The second-order valence-corrected chi connectivity index (χ2v) is 4.26. The van der Waals surface area contributed by atoms with Gasteiger partial charge in [0.15, 0.2) is 0 Å². The first-order valence-corrected chi connectivity index (χ1v) is 5.51. The van der Waals surface area contributed by atoms with Gasteiger partial charge in [0, 0.05) is 12.6 Å². The highest BCUT2D eigenvalue weighted by Crippen LogP contribution is 2.32. The van der Waals surface area contributed by atoms with E-state index < -0.39 is 0 Å². The number of hydrogen-bond acceptors (Lipinski definition) is 3. The van der Waals surface area contributed by atoms with Gasteiger partial charge in [0.1, 0.15) is 6.04 Å². The van der Waals surface area contributed by atoms with Crippen LogP contribution in [-0.2, 0) is 9.59 Å². The maximum atomic E-state index is 11.7. The first kappa shape index (κ1) is 10.4. The van der Waals surface area contributed by atoms with E-state index in [-0.39, 0.29) is 24.4 Å². The highest BCUT2D eigenvalue weighted by molar-refractivity contribution is 5.87. The quantitative estimate of drug-likeness (QED) is 0.560. The van der Waals surface area contributed by atoms with Crippen LogP contribution in [0.3, 0.4) is 0 Å². The molecule has 1 heterocycles. The van der Waals surface area contributed by atoms with Gasteiger partial charge in [-0.3, -0.25) is 14.9 Å². The molecule has 0 aromatic carbocycles. The summed E-state index contributed by atoms with van der Waals surface area (Å²) in [5.74, 6) is 0.625. The topological polar surface area (TPSA) is 70.2 Å². The van der Waals surface area contributed by atoms with Crippen LogP contribution in [0.15, 0.2) is 0 Å². The summed E-state index contributed by atoms with van der Waals surface area (Å²) in [5.41, 5.74) is 0. The first-order chi connectivity index (χ1) is 7.20. The van der Waals surface area contributed by atoms with E-state index in [9.17, 15) is 9.59 Å². The lowest BCUT2D eigenvalue weighted by Gasteiger charge is -2.23. The lowest BCUT2D eigenvalue weighted by atomic mass is 10.2. The second-order valence-electron chi connectivity index (χ2n) is 4.26. The average Bonchev–Trinajstić information content (AvgIpc) is 2.97. The zero-order chi connectivity index (χ0) is 10.8. The van der Waals surface area contributed by atoms with Crippen molar-refractivity contribution in [1.82, 2.24) is 16.0 Å². The summed E-state index contributed by atoms with van der Waals surface area (Å²) in [7, 11) is 0. The van der Waals surface area contributed by atoms with Crippen LogP contribution in [0.2, 0.25) is 0 Å². The molecule has 5 heteroatoms. The number of rotatable bonds is 3. The third-order valence-electron chi connectivity index (χ3n) is 3.10. The Morgan fingerprint density at radius 2 is 2.40 bits per heavy atom. The highest BCUT2D eigenvalue weighted by Gasteiger charge is 2.38. The fourth-order valence-electron chi connectivity index (χ4n) is 1.91. The van der Waals surface area contributed by atoms with Crippen molar-refractivity contribution in [2.45, 2.75) is 31.8 Å². The van der Waals surface area contributed by atoms with Crippen molar-refractivity contribution in [1.29, 1.82) is 0 Å². The number of carbonyl (C=O) groups is 2. The Kier molecular flexibility index (Phi) is 2.90. The normalized spacial score (nSPS) is 34.5. The Morgan fingerprint density at radius 1 is 1.60 bits per heavy atom. The third-order valence-corrected chi connectivity index (χ3v) is 3.10. The maximum Gasteiger partial charge on any atom is 0.239 e. The predicted octanol–water partition coefficient (Wildman–Crippen LogP) is -1.01. The lowest BCUT2D eigenvalue weighted by Crippen LogP contribution is -2.58. The van der Waals surface area contributed by atoms with Gasteiger partial charge in [-0.2, -0.15) is 0 Å². The van der Waals surface area contributed by atoms with Crippen LogP contribution in [0.5, 0.6) is 0 Å². The summed E-state index contributed by atoms with van der Waals surface area (Å²) in [4.78, 5) is 22.6. The van der Waals surface area contributed by atoms with Crippen LogP contribution >= 0.6 is 0 Å². The van der Waals surface area contributed by atoms with E-state index in [0.717, 1.165) is 12.8 Å². The number of amides is 2. The second kappa shape index (κ2) is 4.18. The molecule has 2 aliphatic rings. The molecular weight excluding hydrogens is 194 g/mol. The van der Waals surface area contributed by atoms with E-state index in [1.165, 1.54) is 0 Å². The molecule has 84 valence electrons. The zero-order valence-electron chi connectivity index (χ0n) is 8.88. The lowest BCUT2D eigenvalue weighted by molar-refractivity contribution is -0.126.